The number of thiophene rings is 2. The average Bonchev–Trinajstić information content (AvgIpc) is 1.61. The number of aromatic amines is 2. The molecule has 6 nitrogen and oxygen atoms in total. The molecule has 0 unspecified atom stereocenters. The molecule has 14 aromatic rings. The number of rotatable bonds is 8. The Morgan fingerprint density at radius 3 is 0.577 bits per heavy atom. The number of fused-ring (bicyclic) bond motifs is 16. The monoisotopic (exact) mass is 1370 g/mol. The SMILES string of the molecule is Cc1ccc(-c2c3nc(c(-c4ccc(C)cc4)c4ccc([nH]4)c(-c4ccc(C#Cc5ccc(-c6c7nc(c(-c8ccc(C)cc8)c8ccc(s8)c(-c8ccc(C)cc8)c8nc(c(-c9ccc(C)cc9)c9ccc6s9)C=C8)C=C7)cc5)cc4)c4nc(c(-c5ccc(C)cc5)c5ccc2[nH]5)C=C4)C=C3)cc1. The zero-order chi connectivity index (χ0) is 70.1. The molecule has 8 aromatic carbocycles. The normalized spacial score (nSPS) is 12.1. The van der Waals surface area contributed by atoms with Crippen molar-refractivity contribution in [2.24, 2.45) is 0 Å². The third kappa shape index (κ3) is 12.1. The van der Waals surface area contributed by atoms with Crippen LogP contribution in [-0.4, -0.2) is 29.9 Å². The molecule has 494 valence electrons. The maximum absolute atomic E-state index is 5.64. The lowest BCUT2D eigenvalue weighted by atomic mass is 10.0. The van der Waals surface area contributed by atoms with Gasteiger partial charge in [0.25, 0.3) is 0 Å². The summed E-state index contributed by atoms with van der Waals surface area (Å²) < 4.78 is 4.50. The Morgan fingerprint density at radius 1 is 0.202 bits per heavy atom. The van der Waals surface area contributed by atoms with Gasteiger partial charge in [0, 0.05) is 96.5 Å². The zero-order valence-electron chi connectivity index (χ0n) is 58.3. The Hall–Kier alpha value is -12.6. The van der Waals surface area contributed by atoms with Gasteiger partial charge in [-0.1, -0.05) is 215 Å². The van der Waals surface area contributed by atoms with Gasteiger partial charge in [-0.2, -0.15) is 0 Å². The number of hydrogen-bond acceptors (Lipinski definition) is 6. The molecule has 16 bridgehead atoms. The van der Waals surface area contributed by atoms with Crippen molar-refractivity contribution in [2.75, 3.05) is 0 Å². The molecule has 0 saturated carbocycles. The van der Waals surface area contributed by atoms with E-state index in [-0.39, 0.29) is 0 Å². The second-order valence-electron chi connectivity index (χ2n) is 27.4. The van der Waals surface area contributed by atoms with Crippen molar-refractivity contribution < 1.29 is 0 Å². The lowest BCUT2D eigenvalue weighted by Gasteiger charge is -2.07. The number of benzene rings is 8. The molecular formula is C96H68N6S2. The first-order chi connectivity index (χ1) is 50.9. The molecule has 0 atom stereocenters. The van der Waals surface area contributed by atoms with Crippen LogP contribution in [0.1, 0.15) is 90.1 Å². The summed E-state index contributed by atoms with van der Waals surface area (Å²) in [5, 5.41) is 0. The van der Waals surface area contributed by atoms with Gasteiger partial charge in [0.1, 0.15) is 0 Å². The molecule has 2 N–H and O–H groups in total. The van der Waals surface area contributed by atoms with Gasteiger partial charge in [-0.15, -0.1) is 22.7 Å². The van der Waals surface area contributed by atoms with Crippen LogP contribution in [0.2, 0.25) is 0 Å². The first-order valence-electron chi connectivity index (χ1n) is 35.2. The van der Waals surface area contributed by atoms with E-state index < -0.39 is 0 Å². The fourth-order valence-corrected chi connectivity index (χ4v) is 16.8. The topological polar surface area (TPSA) is 83.1 Å². The molecule has 104 heavy (non-hydrogen) atoms. The van der Waals surface area contributed by atoms with Gasteiger partial charge in [-0.25, -0.2) is 19.9 Å². The van der Waals surface area contributed by atoms with E-state index in [1.165, 1.54) is 33.4 Å². The molecule has 0 fully saturated rings. The van der Waals surface area contributed by atoms with Gasteiger partial charge >= 0.3 is 0 Å². The predicted octanol–water partition coefficient (Wildman–Crippen LogP) is 25.7. The third-order valence-electron chi connectivity index (χ3n) is 20.0. The summed E-state index contributed by atoms with van der Waals surface area (Å²) in [6.45, 7) is 12.8. The minimum absolute atomic E-state index is 0.844. The van der Waals surface area contributed by atoms with Crippen LogP contribution in [0.4, 0.5) is 0 Å². The van der Waals surface area contributed by atoms with Crippen molar-refractivity contribution in [3.8, 4) is 101 Å². The molecule has 18 rings (SSSR count). The fraction of sp³-hybridized carbons (Fsp3) is 0.0625. The molecule has 4 aliphatic heterocycles. The van der Waals surface area contributed by atoms with Gasteiger partial charge in [0.05, 0.1) is 45.6 Å². The van der Waals surface area contributed by atoms with E-state index in [0.717, 1.165) is 187 Å². The molecule has 0 aliphatic carbocycles. The van der Waals surface area contributed by atoms with E-state index in [9.17, 15) is 0 Å². The number of nitrogens with one attached hydrogen (secondary N) is 2. The molecule has 0 saturated heterocycles. The van der Waals surface area contributed by atoms with E-state index in [4.69, 9.17) is 19.9 Å². The number of nitrogens with zero attached hydrogens (tertiary/aromatic N) is 4. The molecule has 4 aliphatic rings. The van der Waals surface area contributed by atoms with Gasteiger partial charge in [0.2, 0.25) is 0 Å². The van der Waals surface area contributed by atoms with Crippen LogP contribution in [0.25, 0.3) is 178 Å². The molecular weight excluding hydrogens is 1300 g/mol. The van der Waals surface area contributed by atoms with Crippen LogP contribution in [-0.2, 0) is 0 Å². The van der Waals surface area contributed by atoms with Crippen LogP contribution in [0.5, 0.6) is 0 Å². The average molecular weight is 1370 g/mol. The smallest absolute Gasteiger partial charge is 0.0737 e. The van der Waals surface area contributed by atoms with E-state index in [2.05, 4.69) is 355 Å². The van der Waals surface area contributed by atoms with Gasteiger partial charge in [-0.05, 0) is 207 Å². The minimum Gasteiger partial charge on any atom is -0.354 e. The number of hydrogen-bond donors (Lipinski definition) is 2. The summed E-state index contributed by atoms with van der Waals surface area (Å²) in [4.78, 5) is 30.2. The fourth-order valence-electron chi connectivity index (χ4n) is 14.5. The lowest BCUT2D eigenvalue weighted by molar-refractivity contribution is 1.31. The first kappa shape index (κ1) is 63.5. The van der Waals surface area contributed by atoms with E-state index >= 15 is 0 Å². The highest BCUT2D eigenvalue weighted by molar-refractivity contribution is 7.24. The highest BCUT2D eigenvalue weighted by atomic mass is 32.1. The maximum Gasteiger partial charge on any atom is 0.0737 e. The number of aryl methyl sites for hydroxylation is 6. The molecule has 8 heteroatoms. The quantitative estimate of drug-likeness (QED) is 0.149. The molecule has 6 aromatic heterocycles. The Labute approximate surface area is 612 Å². The minimum atomic E-state index is 0.844. The molecule has 0 amide bonds. The van der Waals surface area contributed by atoms with Crippen molar-refractivity contribution in [1.82, 2.24) is 29.9 Å². The predicted molar refractivity (Wildman–Crippen MR) is 443 cm³/mol. The largest absolute Gasteiger partial charge is 0.354 e. The summed E-state index contributed by atoms with van der Waals surface area (Å²) in [5.41, 5.74) is 36.9. The van der Waals surface area contributed by atoms with E-state index in [0.29, 0.717) is 0 Å². The summed E-state index contributed by atoms with van der Waals surface area (Å²) in [7, 11) is 0. The number of H-pyrrole nitrogens is 2. The van der Waals surface area contributed by atoms with Crippen LogP contribution < -0.4 is 0 Å². The summed E-state index contributed by atoms with van der Waals surface area (Å²) in [6.07, 6.45) is 17.4. The Kier molecular flexibility index (Phi) is 16.1. The second kappa shape index (κ2) is 26.4. The second-order valence-corrected chi connectivity index (χ2v) is 29.5. The van der Waals surface area contributed by atoms with Crippen molar-refractivity contribution in [3.05, 3.63) is 333 Å². The van der Waals surface area contributed by atoms with Crippen LogP contribution >= 0.6 is 22.7 Å². The van der Waals surface area contributed by atoms with E-state index in [1.54, 1.807) is 22.7 Å². The summed E-state index contributed by atoms with van der Waals surface area (Å²) >= 11 is 3.57. The Balaban J connectivity index is 0.768. The van der Waals surface area contributed by atoms with Crippen molar-refractivity contribution in [2.45, 2.75) is 41.5 Å². The van der Waals surface area contributed by atoms with Gasteiger partial charge in [-0.3, -0.25) is 0 Å². The summed E-state index contributed by atoms with van der Waals surface area (Å²) in [5.74, 6) is 7.09. The molecule has 0 radical (unpaired) electrons. The van der Waals surface area contributed by atoms with Crippen LogP contribution in [0.3, 0.4) is 0 Å². The highest BCUT2D eigenvalue weighted by Gasteiger charge is 2.23. The molecule has 10 heterocycles. The molecule has 0 spiro atoms. The van der Waals surface area contributed by atoms with Crippen molar-refractivity contribution >= 4 is 112 Å². The highest BCUT2D eigenvalue weighted by Crippen LogP contribution is 2.45. The third-order valence-corrected chi connectivity index (χ3v) is 22.2. The van der Waals surface area contributed by atoms with Crippen LogP contribution in [0.15, 0.2) is 243 Å². The maximum atomic E-state index is 5.64. The number of aromatic nitrogens is 6. The Morgan fingerprint density at radius 2 is 0.375 bits per heavy atom. The van der Waals surface area contributed by atoms with E-state index in [1.807, 2.05) is 0 Å². The Bertz CT molecular complexity index is 5900. The van der Waals surface area contributed by atoms with Gasteiger partial charge in [0.15, 0.2) is 0 Å². The van der Waals surface area contributed by atoms with Crippen LogP contribution in [0, 0.1) is 53.4 Å². The lowest BCUT2D eigenvalue weighted by Crippen LogP contribution is -1.90. The van der Waals surface area contributed by atoms with Gasteiger partial charge < -0.3 is 9.97 Å². The van der Waals surface area contributed by atoms with Crippen molar-refractivity contribution in [3.63, 3.8) is 0 Å². The summed E-state index contributed by atoms with van der Waals surface area (Å²) in [6, 6.07) is 87.8. The zero-order valence-corrected chi connectivity index (χ0v) is 60.0. The first-order valence-corrected chi connectivity index (χ1v) is 36.8. The van der Waals surface area contributed by atoms with Crippen molar-refractivity contribution in [1.29, 1.82) is 0 Å². The standard InChI is InChI=1S/C96H68N6S2/c1-57-7-25-65(26-8-57)89-73-41-43-75(97-73)90(66-27-9-58(2)10-28-66)77-45-47-79(99-77)92(80-48-46-78(100-80)91(76-44-42-74(89)98-76)67-29-11-59(3)12-30-67)68-37-21-63(22-38-68)19-20-64-23-39-72(40-24-64)96-84-52-51-83(102-84)95(71-35-17-62(6)18-36-71)86-54-53-85(103-86)93(69-31-13-60(4)14-32-69)81-49-50-82(101-81)94(87-55-56-88(96)104-87)70-33-15-61(5)16-34-70/h7-18,21-56,97,100H,1-6H3.